The lowest BCUT2D eigenvalue weighted by Gasteiger charge is -2.37. The molecule has 41 heavy (non-hydrogen) atoms. The maximum Gasteiger partial charge on any atom is 0.0991 e. The number of benzene rings is 6. The Labute approximate surface area is 239 Å². The Kier molecular flexibility index (Phi) is 4.96. The Morgan fingerprint density at radius 2 is 1.39 bits per heavy atom. The number of nitrogens with zero attached hydrogens (tertiary/aromatic N) is 2. The van der Waals surface area contributed by atoms with Crippen LogP contribution >= 0.6 is 0 Å². The van der Waals surface area contributed by atoms with E-state index in [0.29, 0.717) is 5.56 Å². The molecule has 0 N–H and O–H groups in total. The van der Waals surface area contributed by atoms with Gasteiger partial charge in [-0.25, -0.2) is 0 Å². The van der Waals surface area contributed by atoms with E-state index < -0.39 is 0 Å². The van der Waals surface area contributed by atoms with E-state index in [4.69, 9.17) is 0 Å². The van der Waals surface area contributed by atoms with Crippen LogP contribution < -0.4 is 0 Å². The van der Waals surface area contributed by atoms with Crippen LogP contribution in [0.15, 0.2) is 121 Å². The van der Waals surface area contributed by atoms with Gasteiger partial charge in [-0.2, -0.15) is 5.26 Å². The van der Waals surface area contributed by atoms with Crippen molar-refractivity contribution in [2.24, 2.45) is 0 Å². The molecule has 0 radical (unpaired) electrons. The highest BCUT2D eigenvalue weighted by Crippen LogP contribution is 2.53. The lowest BCUT2D eigenvalue weighted by Crippen LogP contribution is -2.24. The molecule has 0 amide bonds. The third-order valence-electron chi connectivity index (χ3n) is 8.88. The number of hydrogen-bond acceptors (Lipinski definition) is 2. The normalized spacial score (nSPS) is 13.3. The van der Waals surface area contributed by atoms with E-state index in [2.05, 4.69) is 122 Å². The third-order valence-corrected chi connectivity index (χ3v) is 8.88. The smallest absolute Gasteiger partial charge is 0.0991 e. The highest BCUT2D eigenvalue weighted by Gasteiger charge is 2.36. The number of pyridine rings is 1. The molecule has 2 heteroatoms. The van der Waals surface area contributed by atoms with E-state index >= 15 is 0 Å². The first-order valence-corrected chi connectivity index (χ1v) is 14.0. The fraction of sp³-hybridized carbons (Fsp3) is 0.0769. The number of rotatable bonds is 2. The first-order chi connectivity index (χ1) is 20.0. The van der Waals surface area contributed by atoms with Crippen molar-refractivity contribution >= 4 is 32.3 Å². The second-order valence-corrected chi connectivity index (χ2v) is 11.5. The summed E-state index contributed by atoms with van der Waals surface area (Å²) >= 11 is 0. The average Bonchev–Trinajstić information content (AvgIpc) is 3.02. The van der Waals surface area contributed by atoms with Gasteiger partial charge in [-0.05, 0) is 102 Å². The molecule has 6 aromatic carbocycles. The topological polar surface area (TPSA) is 36.7 Å². The van der Waals surface area contributed by atoms with Gasteiger partial charge in [0.2, 0.25) is 0 Å². The van der Waals surface area contributed by atoms with Crippen LogP contribution in [0.1, 0.15) is 30.5 Å². The van der Waals surface area contributed by atoms with Crippen LogP contribution in [0.5, 0.6) is 0 Å². The standard InChI is InChI=1S/C39H26N2/c1-39(2)34-18-13-24(23-40)20-33(34)30-10-7-11-32-36(29-8-3-4-9-31(29)38(39)37(30)32)27-17-15-25-14-16-26(21-28(25)22-27)35-12-5-6-19-41-35/h3-22H,1-2H3. The van der Waals surface area contributed by atoms with Crippen LogP contribution in [0, 0.1) is 11.3 Å². The van der Waals surface area contributed by atoms with Crippen molar-refractivity contribution in [2.45, 2.75) is 19.3 Å². The highest BCUT2D eigenvalue weighted by molar-refractivity contribution is 6.20. The molecular formula is C39H26N2. The SMILES string of the molecule is CC1(C)c2ccc(C#N)cc2-c2cccc3c(-c4ccc5ccc(-c6ccccn6)cc5c4)c4ccccc4c1c23. The van der Waals surface area contributed by atoms with Crippen LogP contribution in [-0.4, -0.2) is 4.98 Å². The molecule has 0 fully saturated rings. The molecule has 0 saturated heterocycles. The molecule has 0 aliphatic heterocycles. The number of hydrogen-bond donors (Lipinski definition) is 0. The number of fused-ring (bicyclic) bond motifs is 5. The van der Waals surface area contributed by atoms with E-state index in [1.165, 1.54) is 60.1 Å². The predicted octanol–water partition coefficient (Wildman–Crippen LogP) is 10.1. The van der Waals surface area contributed by atoms with Crippen molar-refractivity contribution < 1.29 is 0 Å². The molecule has 0 bridgehead atoms. The Balaban J connectivity index is 1.47. The zero-order chi connectivity index (χ0) is 27.7. The van der Waals surface area contributed by atoms with Gasteiger partial charge < -0.3 is 0 Å². The van der Waals surface area contributed by atoms with E-state index in [0.717, 1.165) is 16.8 Å². The summed E-state index contributed by atoms with van der Waals surface area (Å²) in [5.74, 6) is 0. The van der Waals surface area contributed by atoms with Gasteiger partial charge in [-0.15, -0.1) is 0 Å². The highest BCUT2D eigenvalue weighted by atomic mass is 14.7. The van der Waals surface area contributed by atoms with E-state index in [-0.39, 0.29) is 5.41 Å². The van der Waals surface area contributed by atoms with Crippen LogP contribution in [0.25, 0.3) is 65.8 Å². The van der Waals surface area contributed by atoms with Gasteiger partial charge in [0.1, 0.15) is 0 Å². The lowest BCUT2D eigenvalue weighted by atomic mass is 9.66. The van der Waals surface area contributed by atoms with Crippen molar-refractivity contribution in [3.63, 3.8) is 0 Å². The fourth-order valence-corrected chi connectivity index (χ4v) is 7.02. The molecule has 0 spiro atoms. The molecule has 192 valence electrons. The molecule has 1 heterocycles. The molecule has 0 unspecified atom stereocenters. The summed E-state index contributed by atoms with van der Waals surface area (Å²) < 4.78 is 0. The van der Waals surface area contributed by atoms with Crippen LogP contribution in [0.4, 0.5) is 0 Å². The summed E-state index contributed by atoms with van der Waals surface area (Å²) in [5, 5.41) is 17.2. The molecule has 2 nitrogen and oxygen atoms in total. The van der Waals surface area contributed by atoms with Gasteiger partial charge in [-0.3, -0.25) is 4.98 Å². The lowest BCUT2D eigenvalue weighted by molar-refractivity contribution is 0.651. The van der Waals surface area contributed by atoms with Gasteiger partial charge in [0.25, 0.3) is 0 Å². The van der Waals surface area contributed by atoms with Gasteiger partial charge in [0.15, 0.2) is 0 Å². The van der Waals surface area contributed by atoms with Crippen molar-refractivity contribution in [1.82, 2.24) is 4.98 Å². The minimum Gasteiger partial charge on any atom is -0.256 e. The summed E-state index contributed by atoms with van der Waals surface area (Å²) in [7, 11) is 0. The van der Waals surface area contributed by atoms with Crippen LogP contribution in [0.2, 0.25) is 0 Å². The summed E-state index contributed by atoms with van der Waals surface area (Å²) in [6.07, 6.45) is 1.84. The zero-order valence-corrected chi connectivity index (χ0v) is 22.9. The van der Waals surface area contributed by atoms with Gasteiger partial charge in [0.05, 0.1) is 17.3 Å². The predicted molar refractivity (Wildman–Crippen MR) is 170 cm³/mol. The maximum atomic E-state index is 9.72. The van der Waals surface area contributed by atoms with Crippen LogP contribution in [-0.2, 0) is 5.41 Å². The average molecular weight is 523 g/mol. The first kappa shape index (κ1) is 23.6. The second-order valence-electron chi connectivity index (χ2n) is 11.5. The van der Waals surface area contributed by atoms with Crippen molar-refractivity contribution in [3.8, 4) is 39.6 Å². The molecule has 0 atom stereocenters. The van der Waals surface area contributed by atoms with Gasteiger partial charge in [-0.1, -0.05) is 92.7 Å². The summed E-state index contributed by atoms with van der Waals surface area (Å²) in [4.78, 5) is 4.58. The van der Waals surface area contributed by atoms with Gasteiger partial charge >= 0.3 is 0 Å². The summed E-state index contributed by atoms with van der Waals surface area (Å²) in [6, 6.07) is 43.5. The fourth-order valence-electron chi connectivity index (χ4n) is 7.02. The van der Waals surface area contributed by atoms with Crippen molar-refractivity contribution in [3.05, 3.63) is 138 Å². The molecule has 1 aromatic heterocycles. The molecule has 1 aliphatic rings. The Hall–Kier alpha value is -5.26. The molecule has 7 aromatic rings. The summed E-state index contributed by atoms with van der Waals surface area (Å²) in [6.45, 7) is 4.65. The molecule has 8 rings (SSSR count). The zero-order valence-electron chi connectivity index (χ0n) is 22.9. The quantitative estimate of drug-likeness (QED) is 0.212. The number of aromatic nitrogens is 1. The molecule has 0 saturated carbocycles. The largest absolute Gasteiger partial charge is 0.256 e. The van der Waals surface area contributed by atoms with E-state index in [1.807, 2.05) is 24.4 Å². The third kappa shape index (κ3) is 3.39. The first-order valence-electron chi connectivity index (χ1n) is 14.0. The number of nitriles is 1. The van der Waals surface area contributed by atoms with Crippen molar-refractivity contribution in [2.75, 3.05) is 0 Å². The molecular weight excluding hydrogens is 496 g/mol. The molecule has 1 aliphatic carbocycles. The Bertz CT molecular complexity index is 2230. The Morgan fingerprint density at radius 3 is 2.20 bits per heavy atom. The van der Waals surface area contributed by atoms with Crippen molar-refractivity contribution in [1.29, 1.82) is 5.26 Å². The van der Waals surface area contributed by atoms with E-state index in [9.17, 15) is 5.26 Å². The van der Waals surface area contributed by atoms with Crippen LogP contribution in [0.3, 0.4) is 0 Å². The Morgan fingerprint density at radius 1 is 0.634 bits per heavy atom. The monoisotopic (exact) mass is 522 g/mol. The van der Waals surface area contributed by atoms with Gasteiger partial charge in [0, 0.05) is 17.2 Å². The van der Waals surface area contributed by atoms with E-state index in [1.54, 1.807) is 0 Å². The minimum absolute atomic E-state index is 0.227. The second kappa shape index (κ2) is 8.62. The minimum atomic E-state index is -0.227. The summed E-state index contributed by atoms with van der Waals surface area (Å²) in [5.41, 5.74) is 10.00. The maximum absolute atomic E-state index is 9.72.